The first-order valence-corrected chi connectivity index (χ1v) is 9.74. The first-order chi connectivity index (χ1) is 14.9. The van der Waals surface area contributed by atoms with Crippen LogP contribution in [-0.4, -0.2) is 24.1 Å². The number of hydrogen-bond donors (Lipinski definition) is 2. The number of hydrogen-bond acceptors (Lipinski definition) is 6. The number of ether oxygens (including phenoxy) is 2. The minimum atomic E-state index is -0.224. The van der Waals surface area contributed by atoms with Crippen LogP contribution in [0, 0.1) is 13.8 Å². The van der Waals surface area contributed by atoms with Crippen molar-refractivity contribution in [2.45, 2.75) is 33.8 Å². The summed E-state index contributed by atoms with van der Waals surface area (Å²) in [7, 11) is 1.51. The van der Waals surface area contributed by atoms with Gasteiger partial charge >= 0.3 is 0 Å². The number of benzene rings is 2. The lowest BCUT2D eigenvalue weighted by molar-refractivity contribution is -0.115. The van der Waals surface area contributed by atoms with E-state index in [9.17, 15) is 9.59 Å². The molecule has 0 saturated heterocycles. The van der Waals surface area contributed by atoms with Crippen LogP contribution in [0.2, 0.25) is 0 Å². The third-order valence-corrected chi connectivity index (χ3v) is 4.65. The maximum atomic E-state index is 12.4. The van der Waals surface area contributed by atoms with E-state index >= 15 is 0 Å². The zero-order chi connectivity index (χ0) is 22.4. The van der Waals surface area contributed by atoms with Crippen molar-refractivity contribution < 1.29 is 23.6 Å². The average molecular weight is 423 g/mol. The smallest absolute Gasteiger partial charge is 0.228 e. The van der Waals surface area contributed by atoms with Crippen molar-refractivity contribution in [3.63, 3.8) is 0 Å². The monoisotopic (exact) mass is 423 g/mol. The van der Waals surface area contributed by atoms with Crippen LogP contribution in [0.3, 0.4) is 0 Å². The molecule has 0 bridgehead atoms. The van der Waals surface area contributed by atoms with E-state index in [0.717, 1.165) is 22.6 Å². The molecule has 0 aliphatic heterocycles. The molecule has 8 heteroatoms. The van der Waals surface area contributed by atoms with Crippen LogP contribution in [0.15, 0.2) is 47.0 Å². The molecule has 1 heterocycles. The number of rotatable bonds is 8. The van der Waals surface area contributed by atoms with Crippen molar-refractivity contribution in [3.8, 4) is 11.5 Å². The molecule has 0 saturated carbocycles. The first kappa shape index (κ1) is 21.9. The molecule has 1 aromatic heterocycles. The second kappa shape index (κ2) is 9.80. The van der Waals surface area contributed by atoms with Gasteiger partial charge in [-0.05, 0) is 49.7 Å². The van der Waals surface area contributed by atoms with E-state index < -0.39 is 0 Å². The molecule has 0 fully saturated rings. The number of amides is 2. The predicted molar refractivity (Wildman–Crippen MR) is 116 cm³/mol. The number of anilines is 2. The van der Waals surface area contributed by atoms with Gasteiger partial charge in [-0.25, -0.2) is 0 Å². The van der Waals surface area contributed by atoms with Crippen LogP contribution in [0.5, 0.6) is 11.5 Å². The molecule has 31 heavy (non-hydrogen) atoms. The van der Waals surface area contributed by atoms with Crippen LogP contribution < -0.4 is 20.1 Å². The quantitative estimate of drug-likeness (QED) is 0.567. The van der Waals surface area contributed by atoms with E-state index in [-0.39, 0.29) is 18.2 Å². The van der Waals surface area contributed by atoms with Gasteiger partial charge < -0.3 is 24.6 Å². The van der Waals surface area contributed by atoms with E-state index in [0.29, 0.717) is 29.5 Å². The zero-order valence-electron chi connectivity index (χ0n) is 17.9. The molecule has 0 atom stereocenters. The predicted octanol–water partition coefficient (Wildman–Crippen LogP) is 4.02. The summed E-state index contributed by atoms with van der Waals surface area (Å²) in [4.78, 5) is 23.8. The summed E-state index contributed by atoms with van der Waals surface area (Å²) in [6.07, 6.45) is 0.200. The van der Waals surface area contributed by atoms with Gasteiger partial charge in [0.1, 0.15) is 23.9 Å². The Kier molecular flexibility index (Phi) is 6.92. The maximum Gasteiger partial charge on any atom is 0.228 e. The van der Waals surface area contributed by atoms with Crippen molar-refractivity contribution in [2.75, 3.05) is 17.7 Å². The van der Waals surface area contributed by atoms with Crippen LogP contribution in [0.1, 0.15) is 29.5 Å². The second-order valence-corrected chi connectivity index (χ2v) is 7.06. The first-order valence-electron chi connectivity index (χ1n) is 9.74. The molecular weight excluding hydrogens is 398 g/mol. The number of carbonyl (C=O) groups is 2. The number of carbonyl (C=O) groups excluding carboxylic acids is 2. The Morgan fingerprint density at radius 2 is 1.81 bits per heavy atom. The van der Waals surface area contributed by atoms with E-state index in [1.54, 1.807) is 18.2 Å². The van der Waals surface area contributed by atoms with Crippen LogP contribution in [0.25, 0.3) is 0 Å². The van der Waals surface area contributed by atoms with Crippen molar-refractivity contribution in [2.24, 2.45) is 0 Å². The standard InChI is InChI=1S/C23H25N3O5/c1-14-20(15(2)31-26-14)13-30-19-8-5-17(6-9-19)11-23(28)25-18-7-10-22(29-4)21(12-18)24-16(3)27/h5-10,12H,11,13H2,1-4H3,(H,24,27)(H,25,28). The molecule has 3 aromatic rings. The largest absolute Gasteiger partial charge is 0.495 e. The number of aryl methyl sites for hydroxylation is 2. The Balaban J connectivity index is 1.57. The van der Waals surface area contributed by atoms with E-state index in [2.05, 4.69) is 15.8 Å². The summed E-state index contributed by atoms with van der Waals surface area (Å²) >= 11 is 0. The summed E-state index contributed by atoms with van der Waals surface area (Å²) in [5.74, 6) is 1.55. The Labute approximate surface area is 180 Å². The molecule has 162 valence electrons. The fourth-order valence-electron chi connectivity index (χ4n) is 3.03. The highest BCUT2D eigenvalue weighted by atomic mass is 16.5. The van der Waals surface area contributed by atoms with Gasteiger partial charge in [-0.1, -0.05) is 17.3 Å². The van der Waals surface area contributed by atoms with E-state index in [1.807, 2.05) is 38.1 Å². The Hall–Kier alpha value is -3.81. The number of methoxy groups -OCH3 is 1. The molecule has 2 N–H and O–H groups in total. The van der Waals surface area contributed by atoms with Crippen LogP contribution in [-0.2, 0) is 22.6 Å². The SMILES string of the molecule is COc1ccc(NC(=O)Cc2ccc(OCc3c(C)noc3C)cc2)cc1NC(C)=O. The third kappa shape index (κ3) is 5.85. The highest BCUT2D eigenvalue weighted by molar-refractivity contribution is 5.95. The minimum absolute atomic E-state index is 0.177. The second-order valence-electron chi connectivity index (χ2n) is 7.06. The van der Waals surface area contributed by atoms with Crippen molar-refractivity contribution >= 4 is 23.2 Å². The molecule has 0 radical (unpaired) electrons. The van der Waals surface area contributed by atoms with Crippen molar-refractivity contribution in [3.05, 3.63) is 65.0 Å². The summed E-state index contributed by atoms with van der Waals surface area (Å²) < 4.78 is 16.1. The Bertz CT molecular complexity index is 1050. The number of nitrogens with one attached hydrogen (secondary N) is 2. The summed E-state index contributed by atoms with van der Waals surface area (Å²) in [5, 5.41) is 9.43. The average Bonchev–Trinajstić information content (AvgIpc) is 3.05. The van der Waals surface area contributed by atoms with Gasteiger partial charge in [-0.2, -0.15) is 0 Å². The summed E-state index contributed by atoms with van der Waals surface area (Å²) in [6, 6.07) is 12.4. The summed E-state index contributed by atoms with van der Waals surface area (Å²) in [6.45, 7) is 5.50. The fourth-order valence-corrected chi connectivity index (χ4v) is 3.03. The van der Waals surface area contributed by atoms with E-state index in [4.69, 9.17) is 14.0 Å². The van der Waals surface area contributed by atoms with Gasteiger partial charge in [0.25, 0.3) is 0 Å². The topological polar surface area (TPSA) is 103 Å². The van der Waals surface area contributed by atoms with Crippen LogP contribution >= 0.6 is 0 Å². The lowest BCUT2D eigenvalue weighted by Crippen LogP contribution is -2.15. The highest BCUT2D eigenvalue weighted by Gasteiger charge is 2.11. The molecular formula is C23H25N3O5. The van der Waals surface area contributed by atoms with Crippen molar-refractivity contribution in [1.82, 2.24) is 5.16 Å². The molecule has 2 aromatic carbocycles. The molecule has 0 aliphatic carbocycles. The minimum Gasteiger partial charge on any atom is -0.495 e. The van der Waals surface area contributed by atoms with Gasteiger partial charge in [0, 0.05) is 12.6 Å². The van der Waals surface area contributed by atoms with Gasteiger partial charge in [-0.3, -0.25) is 9.59 Å². The van der Waals surface area contributed by atoms with Gasteiger partial charge in [0.2, 0.25) is 11.8 Å². The molecule has 0 aliphatic rings. The van der Waals surface area contributed by atoms with Crippen molar-refractivity contribution in [1.29, 1.82) is 0 Å². The Morgan fingerprint density at radius 1 is 1.06 bits per heavy atom. The fraction of sp³-hybridized carbons (Fsp3) is 0.261. The molecule has 8 nitrogen and oxygen atoms in total. The van der Waals surface area contributed by atoms with Crippen LogP contribution in [0.4, 0.5) is 11.4 Å². The van der Waals surface area contributed by atoms with Gasteiger partial charge in [0.05, 0.1) is 30.5 Å². The normalized spacial score (nSPS) is 10.5. The molecule has 3 rings (SSSR count). The van der Waals surface area contributed by atoms with Gasteiger partial charge in [0.15, 0.2) is 0 Å². The number of aromatic nitrogens is 1. The van der Waals surface area contributed by atoms with E-state index in [1.165, 1.54) is 14.0 Å². The maximum absolute atomic E-state index is 12.4. The lowest BCUT2D eigenvalue weighted by atomic mass is 10.1. The number of nitrogens with zero attached hydrogens (tertiary/aromatic N) is 1. The van der Waals surface area contributed by atoms with Gasteiger partial charge in [-0.15, -0.1) is 0 Å². The third-order valence-electron chi connectivity index (χ3n) is 4.65. The molecule has 2 amide bonds. The summed E-state index contributed by atoms with van der Waals surface area (Å²) in [5.41, 5.74) is 3.65. The molecule has 0 spiro atoms. The Morgan fingerprint density at radius 3 is 2.42 bits per heavy atom. The highest BCUT2D eigenvalue weighted by Crippen LogP contribution is 2.28. The molecule has 0 unspecified atom stereocenters. The zero-order valence-corrected chi connectivity index (χ0v) is 17.9. The lowest BCUT2D eigenvalue weighted by Gasteiger charge is -2.12.